The van der Waals surface area contributed by atoms with Gasteiger partial charge in [0, 0.05) is 18.2 Å². The Morgan fingerprint density at radius 3 is 2.23 bits per heavy atom. The summed E-state index contributed by atoms with van der Waals surface area (Å²) in [5, 5.41) is 0.725. The van der Waals surface area contributed by atoms with Crippen molar-refractivity contribution in [2.45, 2.75) is 19.1 Å². The third kappa shape index (κ3) is 2.69. The molecule has 72 valence electrons. The molecule has 3 heteroatoms. The second kappa shape index (κ2) is 4.61. The van der Waals surface area contributed by atoms with Crippen LogP contribution in [0.5, 0.6) is 0 Å². The van der Waals surface area contributed by atoms with E-state index in [0.717, 1.165) is 10.6 Å². The van der Waals surface area contributed by atoms with Crippen molar-refractivity contribution in [2.75, 3.05) is 7.11 Å². The van der Waals surface area contributed by atoms with Gasteiger partial charge in [-0.2, -0.15) is 0 Å². The highest BCUT2D eigenvalue weighted by atomic mass is 35.5. The van der Waals surface area contributed by atoms with Crippen molar-refractivity contribution in [3.05, 3.63) is 34.9 Å². The van der Waals surface area contributed by atoms with Gasteiger partial charge in [0.25, 0.3) is 0 Å². The molecule has 0 spiro atoms. The molecule has 0 aliphatic heterocycles. The van der Waals surface area contributed by atoms with E-state index in [-0.39, 0.29) is 12.1 Å². The molecule has 0 aromatic heterocycles. The van der Waals surface area contributed by atoms with Crippen molar-refractivity contribution in [2.24, 2.45) is 5.73 Å². The molecule has 1 aromatic rings. The van der Waals surface area contributed by atoms with Crippen LogP contribution in [0.15, 0.2) is 24.3 Å². The van der Waals surface area contributed by atoms with Crippen LogP contribution in [0, 0.1) is 0 Å². The Bertz CT molecular complexity index is 258. The lowest BCUT2D eigenvalue weighted by Crippen LogP contribution is -2.25. The topological polar surface area (TPSA) is 35.2 Å². The molecule has 0 saturated carbocycles. The van der Waals surface area contributed by atoms with Gasteiger partial charge in [-0.25, -0.2) is 0 Å². The van der Waals surface area contributed by atoms with Crippen LogP contribution in [0.4, 0.5) is 0 Å². The Balaban J connectivity index is 2.86. The molecule has 1 rings (SSSR count). The highest BCUT2D eigenvalue weighted by molar-refractivity contribution is 6.30. The molecule has 0 amide bonds. The maximum atomic E-state index is 5.77. The maximum Gasteiger partial charge on any atom is 0.0969 e. The van der Waals surface area contributed by atoms with Gasteiger partial charge in [0.2, 0.25) is 0 Å². The number of halogens is 1. The molecule has 2 nitrogen and oxygen atoms in total. The predicted molar refractivity (Wildman–Crippen MR) is 54.9 cm³/mol. The van der Waals surface area contributed by atoms with Crippen molar-refractivity contribution >= 4 is 11.6 Å². The minimum absolute atomic E-state index is 0.0221. The van der Waals surface area contributed by atoms with E-state index in [0.29, 0.717) is 0 Å². The fraction of sp³-hybridized carbons (Fsp3) is 0.400. The highest BCUT2D eigenvalue weighted by Crippen LogP contribution is 2.21. The number of rotatable bonds is 3. The lowest BCUT2D eigenvalue weighted by atomic mass is 10.0. The summed E-state index contributed by atoms with van der Waals surface area (Å²) >= 11 is 5.77. The molecule has 0 fully saturated rings. The first kappa shape index (κ1) is 10.5. The number of methoxy groups -OCH3 is 1. The first-order valence-corrected chi connectivity index (χ1v) is 4.56. The second-order valence-electron chi connectivity index (χ2n) is 3.07. The molecule has 13 heavy (non-hydrogen) atoms. The molecule has 0 unspecified atom stereocenters. The van der Waals surface area contributed by atoms with Gasteiger partial charge in [-0.15, -0.1) is 0 Å². The van der Waals surface area contributed by atoms with Crippen molar-refractivity contribution in [3.63, 3.8) is 0 Å². The lowest BCUT2D eigenvalue weighted by molar-refractivity contribution is 0.0854. The van der Waals surface area contributed by atoms with Crippen molar-refractivity contribution < 1.29 is 4.74 Å². The molecule has 0 radical (unpaired) electrons. The van der Waals surface area contributed by atoms with E-state index >= 15 is 0 Å². The fourth-order valence-electron chi connectivity index (χ4n) is 1.31. The third-order valence-corrected chi connectivity index (χ3v) is 2.18. The van der Waals surface area contributed by atoms with Crippen molar-refractivity contribution in [1.29, 1.82) is 0 Å². The summed E-state index contributed by atoms with van der Waals surface area (Å²) in [4.78, 5) is 0. The maximum absolute atomic E-state index is 5.77. The summed E-state index contributed by atoms with van der Waals surface area (Å²) in [7, 11) is 1.66. The van der Waals surface area contributed by atoms with Gasteiger partial charge < -0.3 is 10.5 Å². The Morgan fingerprint density at radius 2 is 1.85 bits per heavy atom. The number of ether oxygens (including phenoxy) is 1. The standard InChI is InChI=1S/C10H14ClNO/c1-7(12)10(13-2)8-3-5-9(11)6-4-8/h3-7,10H,12H2,1-2H3/t7-,10-/m0/s1. The minimum atomic E-state index is -0.0581. The molecule has 1 aromatic carbocycles. The first-order valence-electron chi connectivity index (χ1n) is 4.19. The Kier molecular flexibility index (Phi) is 3.72. The van der Waals surface area contributed by atoms with E-state index in [1.54, 1.807) is 7.11 Å². The summed E-state index contributed by atoms with van der Waals surface area (Å²) in [5.74, 6) is 0. The van der Waals surface area contributed by atoms with Gasteiger partial charge >= 0.3 is 0 Å². The molecule has 0 heterocycles. The summed E-state index contributed by atoms with van der Waals surface area (Å²) < 4.78 is 5.27. The van der Waals surface area contributed by atoms with E-state index < -0.39 is 0 Å². The second-order valence-corrected chi connectivity index (χ2v) is 3.50. The molecule has 0 saturated heterocycles. The molecule has 0 aliphatic rings. The van der Waals surface area contributed by atoms with Gasteiger partial charge in [0.1, 0.15) is 0 Å². The highest BCUT2D eigenvalue weighted by Gasteiger charge is 2.14. The Labute approximate surface area is 83.6 Å². The zero-order valence-electron chi connectivity index (χ0n) is 7.83. The summed E-state index contributed by atoms with van der Waals surface area (Å²) in [6, 6.07) is 7.52. The Morgan fingerprint density at radius 1 is 1.31 bits per heavy atom. The van der Waals surface area contributed by atoms with Gasteiger partial charge in [-0.05, 0) is 24.6 Å². The van der Waals surface area contributed by atoms with Crippen LogP contribution in [0.3, 0.4) is 0 Å². The average molecular weight is 200 g/mol. The normalized spacial score (nSPS) is 15.4. The van der Waals surface area contributed by atoms with Gasteiger partial charge in [-0.3, -0.25) is 0 Å². The molecule has 0 aliphatic carbocycles. The molecule has 0 bridgehead atoms. The predicted octanol–water partition coefficient (Wildman–Crippen LogP) is 2.37. The smallest absolute Gasteiger partial charge is 0.0969 e. The van der Waals surface area contributed by atoms with Gasteiger partial charge in [0.05, 0.1) is 6.10 Å². The van der Waals surface area contributed by atoms with Crippen LogP contribution in [-0.2, 0) is 4.74 Å². The van der Waals surface area contributed by atoms with Gasteiger partial charge in [0.15, 0.2) is 0 Å². The van der Waals surface area contributed by atoms with Crippen LogP contribution < -0.4 is 5.73 Å². The summed E-state index contributed by atoms with van der Waals surface area (Å²) in [6.07, 6.45) is -0.0581. The SMILES string of the molecule is CO[C@H](c1ccc(Cl)cc1)[C@H](C)N. The van der Waals surface area contributed by atoms with Crippen molar-refractivity contribution in [1.82, 2.24) is 0 Å². The summed E-state index contributed by atoms with van der Waals surface area (Å²) in [5.41, 5.74) is 6.82. The fourth-order valence-corrected chi connectivity index (χ4v) is 1.43. The number of nitrogens with two attached hydrogens (primary N) is 1. The van der Waals surface area contributed by atoms with E-state index in [1.807, 2.05) is 31.2 Å². The monoisotopic (exact) mass is 199 g/mol. The molecule has 2 N–H and O–H groups in total. The quantitative estimate of drug-likeness (QED) is 0.812. The van der Waals surface area contributed by atoms with Crippen LogP contribution in [0.25, 0.3) is 0 Å². The van der Waals surface area contributed by atoms with Crippen LogP contribution in [0.2, 0.25) is 5.02 Å². The zero-order valence-corrected chi connectivity index (χ0v) is 8.58. The lowest BCUT2D eigenvalue weighted by Gasteiger charge is -2.19. The molecular weight excluding hydrogens is 186 g/mol. The molecule has 2 atom stereocenters. The summed E-state index contributed by atoms with van der Waals surface area (Å²) in [6.45, 7) is 1.92. The van der Waals surface area contributed by atoms with Gasteiger partial charge in [-0.1, -0.05) is 23.7 Å². The van der Waals surface area contributed by atoms with Crippen molar-refractivity contribution in [3.8, 4) is 0 Å². The van der Waals surface area contributed by atoms with Crippen LogP contribution >= 0.6 is 11.6 Å². The average Bonchev–Trinajstić information content (AvgIpc) is 2.09. The number of hydrogen-bond acceptors (Lipinski definition) is 2. The largest absolute Gasteiger partial charge is 0.375 e. The third-order valence-electron chi connectivity index (χ3n) is 1.93. The number of hydrogen-bond donors (Lipinski definition) is 1. The van der Waals surface area contributed by atoms with Crippen LogP contribution in [0.1, 0.15) is 18.6 Å². The van der Waals surface area contributed by atoms with E-state index in [4.69, 9.17) is 22.1 Å². The first-order chi connectivity index (χ1) is 6.15. The zero-order chi connectivity index (χ0) is 9.84. The minimum Gasteiger partial charge on any atom is -0.375 e. The van der Waals surface area contributed by atoms with E-state index in [2.05, 4.69) is 0 Å². The number of benzene rings is 1. The van der Waals surface area contributed by atoms with E-state index in [1.165, 1.54) is 0 Å². The Hall–Kier alpha value is -0.570. The van der Waals surface area contributed by atoms with Crippen LogP contribution in [-0.4, -0.2) is 13.2 Å². The molecular formula is C10H14ClNO. The van der Waals surface area contributed by atoms with E-state index in [9.17, 15) is 0 Å².